The monoisotopic (exact) mass is 697 g/mol. The number of piperidine rings is 1. The fraction of sp³-hybridized carbons (Fsp3) is 0.472. The van der Waals surface area contributed by atoms with Crippen LogP contribution in [0.3, 0.4) is 0 Å². The van der Waals surface area contributed by atoms with Crippen LogP contribution in [0.1, 0.15) is 81.0 Å². The average molecular weight is 698 g/mol. The zero-order chi connectivity index (χ0) is 34.9. The Labute approximate surface area is 287 Å². The van der Waals surface area contributed by atoms with Gasteiger partial charge in [-0.25, -0.2) is 9.18 Å². The number of alkyl halides is 3. The van der Waals surface area contributed by atoms with Gasteiger partial charge in [0.1, 0.15) is 11.5 Å². The molecule has 6 N–H and O–H groups in total. The normalized spacial score (nSPS) is 18.9. The van der Waals surface area contributed by atoms with E-state index in [2.05, 4.69) is 20.6 Å². The van der Waals surface area contributed by atoms with Crippen molar-refractivity contribution < 1.29 is 17.6 Å². The van der Waals surface area contributed by atoms with Gasteiger partial charge in [-0.05, 0) is 112 Å². The van der Waals surface area contributed by atoms with Gasteiger partial charge in [0.2, 0.25) is 0 Å². The summed E-state index contributed by atoms with van der Waals surface area (Å²) in [5, 5.41) is 14.9. The van der Waals surface area contributed by atoms with Crippen molar-refractivity contribution in [3.63, 3.8) is 0 Å². The first-order chi connectivity index (χ1) is 23.4. The zero-order valence-electron chi connectivity index (χ0n) is 27.7. The first kappa shape index (κ1) is 35.2. The fourth-order valence-corrected chi connectivity index (χ4v) is 7.61. The molecule has 1 aliphatic carbocycles. The lowest BCUT2D eigenvalue weighted by atomic mass is 9.92. The number of aromatic nitrogens is 3. The standard InChI is InChI=1S/C36H43F4N7OS/c1-20(41)43-14-13-24-6-4-8-30(44-24)26-12-11-25(18-32(26)49-2)47-19-23-17-31(45-34(23)46-35(47)48)27-15-21(5-3-7-29(42)22-9-10-22)16-28(33(27)37)36(38,39)40/h11-12,15-19,22,24,29-30,44H,3-10,13-14,42H2,1-2H3,(H2,41,43)(H,45,46,48)/t24-,29+,30-/m0/s1. The molecular formula is C36H43F4N7OS. The lowest BCUT2D eigenvalue weighted by Crippen LogP contribution is -2.39. The molecule has 3 atom stereocenters. The van der Waals surface area contributed by atoms with Crippen LogP contribution in [0.4, 0.5) is 17.6 Å². The van der Waals surface area contributed by atoms with Crippen molar-refractivity contribution in [3.05, 3.63) is 75.6 Å². The summed E-state index contributed by atoms with van der Waals surface area (Å²) in [6, 6.07) is 10.2. The Hall–Kier alpha value is -3.68. The van der Waals surface area contributed by atoms with Crippen LogP contribution < -0.4 is 22.1 Å². The second-order valence-corrected chi connectivity index (χ2v) is 14.2. The van der Waals surface area contributed by atoms with Gasteiger partial charge in [-0.2, -0.15) is 18.2 Å². The van der Waals surface area contributed by atoms with E-state index in [1.54, 1.807) is 24.9 Å². The Balaban J connectivity index is 1.27. The lowest BCUT2D eigenvalue weighted by Gasteiger charge is -2.32. The highest BCUT2D eigenvalue weighted by Gasteiger charge is 2.36. The highest BCUT2D eigenvalue weighted by Crippen LogP contribution is 2.39. The van der Waals surface area contributed by atoms with Crippen molar-refractivity contribution >= 4 is 28.6 Å². The SMILES string of the molecule is CSc1cc(-n2cc3cc(-c4cc(CCC[C@@H](N)C5CC5)cc(C(F)(F)F)c4F)[nH]c3nc2=O)ccc1[C@@H]1CCC[C@@H](CCNC(C)=N)N1. The number of nitrogens with one attached hydrogen (secondary N) is 4. The molecule has 0 amide bonds. The summed E-state index contributed by atoms with van der Waals surface area (Å²) >= 11 is 1.59. The largest absolute Gasteiger partial charge is 0.419 e. The topological polar surface area (TPSA) is 125 Å². The van der Waals surface area contributed by atoms with Crippen LogP contribution >= 0.6 is 11.8 Å². The number of hydrogen-bond acceptors (Lipinski definition) is 6. The number of nitrogens with zero attached hydrogens (tertiary/aromatic N) is 2. The van der Waals surface area contributed by atoms with Crippen LogP contribution in [0.25, 0.3) is 28.0 Å². The third-order valence-electron chi connectivity index (χ3n) is 9.70. The van der Waals surface area contributed by atoms with Crippen molar-refractivity contribution in [1.29, 1.82) is 5.41 Å². The van der Waals surface area contributed by atoms with Crippen LogP contribution in [0, 0.1) is 17.1 Å². The van der Waals surface area contributed by atoms with Gasteiger partial charge in [-0.1, -0.05) is 12.5 Å². The predicted molar refractivity (Wildman–Crippen MR) is 187 cm³/mol. The third kappa shape index (κ3) is 8.21. The molecule has 262 valence electrons. The number of aryl methyl sites for hydroxylation is 1. The second-order valence-electron chi connectivity index (χ2n) is 13.4. The summed E-state index contributed by atoms with van der Waals surface area (Å²) in [5.74, 6) is -0.420. The van der Waals surface area contributed by atoms with Crippen LogP contribution in [0.15, 0.2) is 52.3 Å². The summed E-state index contributed by atoms with van der Waals surface area (Å²) < 4.78 is 58.7. The molecule has 2 aromatic heterocycles. The molecule has 0 unspecified atom stereocenters. The molecule has 1 aliphatic heterocycles. The van der Waals surface area contributed by atoms with E-state index in [-0.39, 0.29) is 29.0 Å². The maximum Gasteiger partial charge on any atom is 0.419 e. The van der Waals surface area contributed by atoms with Crippen LogP contribution in [-0.2, 0) is 12.6 Å². The molecule has 0 radical (unpaired) electrons. The summed E-state index contributed by atoms with van der Waals surface area (Å²) in [6.07, 6.45) is 6.58. The lowest BCUT2D eigenvalue weighted by molar-refractivity contribution is -0.140. The van der Waals surface area contributed by atoms with E-state index in [1.165, 1.54) is 16.7 Å². The van der Waals surface area contributed by atoms with Crippen LogP contribution in [0.5, 0.6) is 0 Å². The number of aromatic amines is 1. The molecule has 2 aliphatic rings. The first-order valence-electron chi connectivity index (χ1n) is 16.9. The van der Waals surface area contributed by atoms with E-state index < -0.39 is 23.2 Å². The third-order valence-corrected chi connectivity index (χ3v) is 10.5. The molecule has 6 rings (SSSR count). The summed E-state index contributed by atoms with van der Waals surface area (Å²) in [5.41, 5.74) is 6.49. The molecule has 0 bridgehead atoms. The molecule has 2 fully saturated rings. The summed E-state index contributed by atoms with van der Waals surface area (Å²) in [4.78, 5) is 21.3. The molecule has 4 aromatic rings. The maximum atomic E-state index is 15.5. The zero-order valence-corrected chi connectivity index (χ0v) is 28.5. The van der Waals surface area contributed by atoms with Crippen molar-refractivity contribution in [2.45, 2.75) is 93.9 Å². The van der Waals surface area contributed by atoms with E-state index in [9.17, 15) is 18.0 Å². The van der Waals surface area contributed by atoms with Gasteiger partial charge < -0.3 is 21.4 Å². The Morgan fingerprint density at radius 1 is 1.18 bits per heavy atom. The van der Waals surface area contributed by atoms with E-state index in [4.69, 9.17) is 11.1 Å². The van der Waals surface area contributed by atoms with Gasteiger partial charge >= 0.3 is 11.9 Å². The van der Waals surface area contributed by atoms with Gasteiger partial charge in [0.25, 0.3) is 0 Å². The van der Waals surface area contributed by atoms with Crippen molar-refractivity contribution in [1.82, 2.24) is 25.2 Å². The minimum absolute atomic E-state index is 0.0325. The smallest absolute Gasteiger partial charge is 0.374 e. The number of rotatable bonds is 12. The van der Waals surface area contributed by atoms with Gasteiger partial charge in [-0.3, -0.25) is 9.98 Å². The minimum Gasteiger partial charge on any atom is -0.374 e. The quantitative estimate of drug-likeness (QED) is 0.0453. The highest BCUT2D eigenvalue weighted by molar-refractivity contribution is 7.98. The van der Waals surface area contributed by atoms with Crippen molar-refractivity contribution in [3.8, 4) is 16.9 Å². The fourth-order valence-electron chi connectivity index (χ4n) is 6.92. The number of hydrogen-bond donors (Lipinski definition) is 5. The molecule has 1 saturated heterocycles. The summed E-state index contributed by atoms with van der Waals surface area (Å²) in [7, 11) is 0. The van der Waals surface area contributed by atoms with Crippen molar-refractivity contribution in [2.24, 2.45) is 11.7 Å². The Bertz CT molecular complexity index is 1880. The predicted octanol–water partition coefficient (Wildman–Crippen LogP) is 7.48. The van der Waals surface area contributed by atoms with E-state index in [0.29, 0.717) is 53.7 Å². The molecule has 13 heteroatoms. The van der Waals surface area contributed by atoms with Gasteiger partial charge in [0, 0.05) is 46.7 Å². The number of amidine groups is 1. The molecule has 49 heavy (non-hydrogen) atoms. The molecule has 8 nitrogen and oxygen atoms in total. The number of halogens is 4. The van der Waals surface area contributed by atoms with E-state index in [1.807, 2.05) is 24.5 Å². The number of nitrogens with two attached hydrogens (primary N) is 1. The molecular weight excluding hydrogens is 655 g/mol. The van der Waals surface area contributed by atoms with Gasteiger partial charge in [-0.15, -0.1) is 11.8 Å². The maximum absolute atomic E-state index is 15.5. The van der Waals surface area contributed by atoms with E-state index in [0.717, 1.165) is 61.6 Å². The second kappa shape index (κ2) is 14.7. The van der Waals surface area contributed by atoms with Crippen LogP contribution in [0.2, 0.25) is 0 Å². The number of thioether (sulfide) groups is 1. The first-order valence-corrected chi connectivity index (χ1v) is 18.1. The highest BCUT2D eigenvalue weighted by atomic mass is 32.2. The number of fused-ring (bicyclic) bond motifs is 1. The van der Waals surface area contributed by atoms with Gasteiger partial charge in [0.05, 0.1) is 22.8 Å². The Morgan fingerprint density at radius 3 is 2.69 bits per heavy atom. The molecule has 2 aromatic carbocycles. The Kier molecular flexibility index (Phi) is 10.5. The molecule has 1 saturated carbocycles. The number of benzene rings is 2. The Morgan fingerprint density at radius 2 is 1.98 bits per heavy atom. The van der Waals surface area contributed by atoms with Gasteiger partial charge in [0.15, 0.2) is 0 Å². The summed E-state index contributed by atoms with van der Waals surface area (Å²) in [6.45, 7) is 2.47. The molecule has 0 spiro atoms. The minimum atomic E-state index is -4.87. The van der Waals surface area contributed by atoms with E-state index >= 15 is 4.39 Å². The number of H-pyrrole nitrogens is 1. The molecule has 3 heterocycles. The van der Waals surface area contributed by atoms with Crippen molar-refractivity contribution in [2.75, 3.05) is 12.8 Å². The van der Waals surface area contributed by atoms with Crippen LogP contribution in [-0.4, -0.2) is 45.3 Å². The average Bonchev–Trinajstić information content (AvgIpc) is 3.84.